The summed E-state index contributed by atoms with van der Waals surface area (Å²) < 4.78 is 0. The van der Waals surface area contributed by atoms with E-state index in [1.165, 1.54) is 0 Å². The second kappa shape index (κ2) is 5.67. The quantitative estimate of drug-likeness (QED) is 0.484. The topological polar surface area (TPSA) is 38.7 Å². The van der Waals surface area contributed by atoms with Gasteiger partial charge in [0.15, 0.2) is 0 Å². The van der Waals surface area contributed by atoms with Crippen LogP contribution < -0.4 is 0 Å². The molecule has 3 nitrogen and oxygen atoms in total. The van der Waals surface area contributed by atoms with Gasteiger partial charge in [0.25, 0.3) is 0 Å². The lowest BCUT2D eigenvalue weighted by molar-refractivity contribution is -0.152. The Morgan fingerprint density at radius 2 is 1.63 bits per heavy atom. The highest BCUT2D eigenvalue weighted by molar-refractivity contribution is 7.15. The minimum atomic E-state index is -0.556. The molecule has 19 heavy (non-hydrogen) atoms. The lowest BCUT2D eigenvalue weighted by Crippen LogP contribution is -2.21. The summed E-state index contributed by atoms with van der Waals surface area (Å²) in [7, 11) is 0. The van der Waals surface area contributed by atoms with Crippen molar-refractivity contribution in [2.24, 2.45) is 10.6 Å². The van der Waals surface area contributed by atoms with Crippen molar-refractivity contribution < 1.29 is 9.63 Å². The van der Waals surface area contributed by atoms with Crippen LogP contribution in [0.1, 0.15) is 30.5 Å². The lowest BCUT2D eigenvalue weighted by atomic mass is 9.98. The maximum atomic E-state index is 11.8. The fourth-order valence-electron chi connectivity index (χ4n) is 1.26. The van der Waals surface area contributed by atoms with Crippen LogP contribution in [0.25, 0.3) is 0 Å². The van der Waals surface area contributed by atoms with E-state index in [4.69, 9.17) is 4.84 Å². The highest BCUT2D eigenvalue weighted by atomic mass is 32.1. The molecule has 2 aromatic heterocycles. The lowest BCUT2D eigenvalue weighted by Gasteiger charge is -2.13. The Hall–Kier alpha value is -1.46. The van der Waals surface area contributed by atoms with Gasteiger partial charge in [-0.3, -0.25) is 0 Å². The molecular formula is C14H15NO2S2. The van der Waals surface area contributed by atoms with Gasteiger partial charge in [-0.2, -0.15) is 0 Å². The molecule has 0 aliphatic carbocycles. The Labute approximate surface area is 120 Å². The van der Waals surface area contributed by atoms with E-state index in [1.54, 1.807) is 43.4 Å². The molecule has 0 aromatic carbocycles. The molecule has 0 spiro atoms. The fraction of sp³-hybridized carbons (Fsp3) is 0.286. The molecule has 2 aromatic rings. The summed E-state index contributed by atoms with van der Waals surface area (Å²) in [4.78, 5) is 18.8. The van der Waals surface area contributed by atoms with Crippen molar-refractivity contribution in [1.29, 1.82) is 0 Å². The van der Waals surface area contributed by atoms with Crippen LogP contribution in [0.5, 0.6) is 0 Å². The van der Waals surface area contributed by atoms with Crippen LogP contribution in [0.2, 0.25) is 0 Å². The van der Waals surface area contributed by atoms with Gasteiger partial charge < -0.3 is 4.84 Å². The molecular weight excluding hydrogens is 278 g/mol. The molecule has 0 unspecified atom stereocenters. The average molecular weight is 293 g/mol. The minimum Gasteiger partial charge on any atom is -0.317 e. The first-order chi connectivity index (χ1) is 8.98. The first kappa shape index (κ1) is 14.0. The molecule has 0 bridgehead atoms. The van der Waals surface area contributed by atoms with Gasteiger partial charge >= 0.3 is 5.97 Å². The Kier molecular flexibility index (Phi) is 4.17. The molecule has 2 heterocycles. The van der Waals surface area contributed by atoms with Crippen LogP contribution in [-0.4, -0.2) is 11.7 Å². The number of rotatable bonds is 3. The third-order valence-electron chi connectivity index (χ3n) is 2.34. The summed E-state index contributed by atoms with van der Waals surface area (Å²) in [5, 5.41) is 8.02. The van der Waals surface area contributed by atoms with Gasteiger partial charge in [-0.1, -0.05) is 17.3 Å². The fourth-order valence-corrected chi connectivity index (χ4v) is 2.77. The Bertz CT molecular complexity index is 527. The van der Waals surface area contributed by atoms with Crippen molar-refractivity contribution in [1.82, 2.24) is 0 Å². The van der Waals surface area contributed by atoms with E-state index < -0.39 is 5.41 Å². The summed E-state index contributed by atoms with van der Waals surface area (Å²) >= 11 is 3.15. The van der Waals surface area contributed by atoms with Crippen molar-refractivity contribution in [2.75, 3.05) is 0 Å². The molecule has 100 valence electrons. The van der Waals surface area contributed by atoms with Gasteiger partial charge in [0.1, 0.15) is 5.71 Å². The van der Waals surface area contributed by atoms with Crippen LogP contribution in [0, 0.1) is 5.41 Å². The predicted octanol–water partition coefficient (Wildman–Crippen LogP) is 4.15. The maximum Gasteiger partial charge on any atom is 0.340 e. The van der Waals surface area contributed by atoms with Crippen LogP contribution >= 0.6 is 22.7 Å². The minimum absolute atomic E-state index is 0.335. The standard InChI is InChI=1S/C14H15NO2S2/c1-14(2,3)13(16)17-15-12(10-6-4-8-18-10)11-7-5-9-19-11/h4-9H,1-3H3. The first-order valence-corrected chi connectivity index (χ1v) is 7.61. The van der Waals surface area contributed by atoms with Gasteiger partial charge in [0.05, 0.1) is 15.2 Å². The molecule has 0 aliphatic rings. The number of nitrogens with zero attached hydrogens (tertiary/aromatic N) is 1. The summed E-state index contributed by atoms with van der Waals surface area (Å²) in [6.07, 6.45) is 0. The largest absolute Gasteiger partial charge is 0.340 e. The van der Waals surface area contributed by atoms with Gasteiger partial charge in [-0.15, -0.1) is 22.7 Å². The van der Waals surface area contributed by atoms with Crippen molar-refractivity contribution >= 4 is 34.4 Å². The molecule has 0 radical (unpaired) electrons. The number of carbonyl (C=O) groups is 1. The van der Waals surface area contributed by atoms with E-state index in [2.05, 4.69) is 5.16 Å². The molecule has 0 aliphatic heterocycles. The molecule has 0 saturated carbocycles. The third kappa shape index (κ3) is 3.52. The molecule has 0 saturated heterocycles. The van der Waals surface area contributed by atoms with E-state index in [0.717, 1.165) is 9.75 Å². The first-order valence-electron chi connectivity index (χ1n) is 5.85. The zero-order valence-corrected chi connectivity index (χ0v) is 12.7. The van der Waals surface area contributed by atoms with E-state index >= 15 is 0 Å². The Balaban J connectivity index is 2.27. The summed E-state index contributed by atoms with van der Waals surface area (Å²) in [5.74, 6) is -0.335. The van der Waals surface area contributed by atoms with Gasteiger partial charge in [0.2, 0.25) is 0 Å². The van der Waals surface area contributed by atoms with E-state index in [0.29, 0.717) is 5.71 Å². The second-order valence-electron chi connectivity index (χ2n) is 5.02. The van der Waals surface area contributed by atoms with Crippen LogP contribution in [0.4, 0.5) is 0 Å². The third-order valence-corrected chi connectivity index (χ3v) is 4.09. The van der Waals surface area contributed by atoms with E-state index in [9.17, 15) is 4.79 Å². The second-order valence-corrected chi connectivity index (χ2v) is 6.92. The summed E-state index contributed by atoms with van der Waals surface area (Å²) in [6.45, 7) is 5.42. The van der Waals surface area contributed by atoms with Crippen LogP contribution in [0.3, 0.4) is 0 Å². The van der Waals surface area contributed by atoms with Crippen molar-refractivity contribution in [3.8, 4) is 0 Å². The van der Waals surface area contributed by atoms with Crippen molar-refractivity contribution in [2.45, 2.75) is 20.8 Å². The molecule has 5 heteroatoms. The molecule has 0 atom stereocenters. The Morgan fingerprint density at radius 1 is 1.11 bits per heavy atom. The monoisotopic (exact) mass is 293 g/mol. The van der Waals surface area contributed by atoms with Crippen LogP contribution in [0.15, 0.2) is 40.2 Å². The maximum absolute atomic E-state index is 11.8. The van der Waals surface area contributed by atoms with E-state index in [1.807, 2.05) is 35.0 Å². The number of thiophene rings is 2. The smallest absolute Gasteiger partial charge is 0.317 e. The van der Waals surface area contributed by atoms with E-state index in [-0.39, 0.29) is 5.97 Å². The van der Waals surface area contributed by atoms with Gasteiger partial charge in [-0.05, 0) is 43.7 Å². The van der Waals surface area contributed by atoms with Gasteiger partial charge in [0, 0.05) is 0 Å². The normalized spacial score (nSPS) is 11.1. The van der Waals surface area contributed by atoms with Crippen molar-refractivity contribution in [3.05, 3.63) is 44.8 Å². The van der Waals surface area contributed by atoms with Gasteiger partial charge in [-0.25, -0.2) is 4.79 Å². The average Bonchev–Trinajstić information content (AvgIpc) is 3.00. The summed E-state index contributed by atoms with van der Waals surface area (Å²) in [6, 6.07) is 7.84. The number of hydrogen-bond donors (Lipinski definition) is 0. The number of oxime groups is 1. The van der Waals surface area contributed by atoms with Crippen molar-refractivity contribution in [3.63, 3.8) is 0 Å². The number of carbonyl (C=O) groups excluding carboxylic acids is 1. The Morgan fingerprint density at radius 3 is 2.00 bits per heavy atom. The zero-order valence-electron chi connectivity index (χ0n) is 11.0. The molecule has 0 N–H and O–H groups in total. The number of hydrogen-bond acceptors (Lipinski definition) is 5. The zero-order chi connectivity index (χ0) is 13.9. The summed E-state index contributed by atoms with van der Waals surface area (Å²) in [5.41, 5.74) is 0.155. The predicted molar refractivity (Wildman–Crippen MR) is 79.8 cm³/mol. The highest BCUT2D eigenvalue weighted by Crippen LogP contribution is 2.21. The SMILES string of the molecule is CC(C)(C)C(=O)ON=C(c1cccs1)c1cccs1. The molecule has 2 rings (SSSR count). The highest BCUT2D eigenvalue weighted by Gasteiger charge is 2.24. The molecule has 0 fully saturated rings. The van der Waals surface area contributed by atoms with Crippen LogP contribution in [-0.2, 0) is 9.63 Å². The molecule has 0 amide bonds.